The van der Waals surface area contributed by atoms with Gasteiger partial charge in [0.2, 0.25) is 0 Å². The number of amides is 1. The van der Waals surface area contributed by atoms with E-state index in [2.05, 4.69) is 4.90 Å². The van der Waals surface area contributed by atoms with E-state index in [1.807, 2.05) is 18.2 Å². The first-order valence-electron chi connectivity index (χ1n) is 10.1. The largest absolute Gasteiger partial charge is 0.497 e. The summed E-state index contributed by atoms with van der Waals surface area (Å²) in [6.07, 6.45) is 0.809. The Morgan fingerprint density at radius 3 is 2.75 bits per heavy atom. The Labute approximate surface area is 207 Å². The van der Waals surface area contributed by atoms with Gasteiger partial charge in [0.15, 0.2) is 5.13 Å². The Hall–Kier alpha value is -1.61. The Kier molecular flexibility index (Phi) is 8.99. The van der Waals surface area contributed by atoms with E-state index in [0.717, 1.165) is 55.2 Å². The van der Waals surface area contributed by atoms with Gasteiger partial charge in [-0.1, -0.05) is 34.5 Å². The van der Waals surface area contributed by atoms with Crippen LogP contribution in [0.3, 0.4) is 0 Å². The van der Waals surface area contributed by atoms with E-state index in [1.165, 1.54) is 11.3 Å². The van der Waals surface area contributed by atoms with Crippen molar-refractivity contribution >= 4 is 68.2 Å². The van der Waals surface area contributed by atoms with Gasteiger partial charge in [0.05, 0.1) is 41.1 Å². The second-order valence-electron chi connectivity index (χ2n) is 7.22. The van der Waals surface area contributed by atoms with Gasteiger partial charge >= 0.3 is 0 Å². The summed E-state index contributed by atoms with van der Waals surface area (Å²) in [6, 6.07) is 10.6. The molecule has 1 amide bonds. The number of halogens is 3. The van der Waals surface area contributed by atoms with Gasteiger partial charge in [0, 0.05) is 37.3 Å². The highest BCUT2D eigenvalue weighted by atomic mass is 35.5. The van der Waals surface area contributed by atoms with E-state index in [0.29, 0.717) is 27.3 Å². The maximum Gasteiger partial charge on any atom is 0.261 e. The summed E-state index contributed by atoms with van der Waals surface area (Å²) < 4.78 is 11.7. The standard InChI is InChI=1S/C22H23Cl2N3O3S.ClH/c1-29-16-4-6-20-19(14-16)25-22(31-20)27(8-2-7-26-9-11-30-12-10-26)21(28)17-13-15(23)3-5-18(17)24;/h3-6,13-14H,2,7-12H2,1H3;1H. The van der Waals surface area contributed by atoms with E-state index < -0.39 is 0 Å². The minimum absolute atomic E-state index is 0. The third kappa shape index (κ3) is 5.84. The lowest BCUT2D eigenvalue weighted by Crippen LogP contribution is -2.39. The predicted molar refractivity (Wildman–Crippen MR) is 133 cm³/mol. The number of rotatable bonds is 7. The topological polar surface area (TPSA) is 54.9 Å². The van der Waals surface area contributed by atoms with Crippen LogP contribution in [0.5, 0.6) is 5.75 Å². The first kappa shape index (κ1) is 25.0. The SMILES string of the molecule is COc1ccc2sc(N(CCCN3CCOCC3)C(=O)c3cc(Cl)ccc3Cl)nc2c1.Cl. The Morgan fingerprint density at radius 2 is 2.00 bits per heavy atom. The number of nitrogens with zero attached hydrogens (tertiary/aromatic N) is 3. The van der Waals surface area contributed by atoms with Crippen molar-refractivity contribution in [2.45, 2.75) is 6.42 Å². The van der Waals surface area contributed by atoms with Crippen LogP contribution >= 0.6 is 46.9 Å². The summed E-state index contributed by atoms with van der Waals surface area (Å²) >= 11 is 13.9. The normalized spacial score (nSPS) is 14.2. The Bertz CT molecular complexity index is 1070. The molecule has 1 fully saturated rings. The molecule has 32 heavy (non-hydrogen) atoms. The molecule has 6 nitrogen and oxygen atoms in total. The number of benzene rings is 2. The molecule has 3 aromatic rings. The van der Waals surface area contributed by atoms with Crippen molar-refractivity contribution in [3.8, 4) is 5.75 Å². The lowest BCUT2D eigenvalue weighted by Gasteiger charge is -2.27. The molecule has 4 rings (SSSR count). The van der Waals surface area contributed by atoms with Crippen LogP contribution < -0.4 is 9.64 Å². The lowest BCUT2D eigenvalue weighted by molar-refractivity contribution is 0.0376. The number of ether oxygens (including phenoxy) is 2. The maximum absolute atomic E-state index is 13.5. The molecule has 0 unspecified atom stereocenters. The fraction of sp³-hybridized carbons (Fsp3) is 0.364. The summed E-state index contributed by atoms with van der Waals surface area (Å²) in [4.78, 5) is 22.3. The fourth-order valence-electron chi connectivity index (χ4n) is 3.51. The molecule has 172 valence electrons. The van der Waals surface area contributed by atoms with Crippen molar-refractivity contribution in [3.05, 3.63) is 52.0 Å². The number of methoxy groups -OCH3 is 1. The smallest absolute Gasteiger partial charge is 0.261 e. The highest BCUT2D eigenvalue weighted by molar-refractivity contribution is 7.22. The van der Waals surface area contributed by atoms with Crippen LogP contribution in [0.2, 0.25) is 10.0 Å². The van der Waals surface area contributed by atoms with Crippen molar-refractivity contribution in [2.24, 2.45) is 0 Å². The zero-order chi connectivity index (χ0) is 21.8. The highest BCUT2D eigenvalue weighted by Gasteiger charge is 2.24. The number of aromatic nitrogens is 1. The number of carbonyl (C=O) groups is 1. The molecule has 0 radical (unpaired) electrons. The second kappa shape index (κ2) is 11.5. The minimum atomic E-state index is -0.208. The number of carbonyl (C=O) groups excluding carboxylic acids is 1. The zero-order valence-electron chi connectivity index (χ0n) is 17.6. The van der Waals surface area contributed by atoms with Gasteiger partial charge in [-0.2, -0.15) is 0 Å². The number of fused-ring (bicyclic) bond motifs is 1. The van der Waals surface area contributed by atoms with Gasteiger partial charge < -0.3 is 9.47 Å². The first-order valence-corrected chi connectivity index (χ1v) is 11.6. The van der Waals surface area contributed by atoms with Crippen LogP contribution in [0, 0.1) is 0 Å². The molecule has 2 heterocycles. The zero-order valence-corrected chi connectivity index (χ0v) is 20.7. The molecule has 1 saturated heterocycles. The average Bonchev–Trinajstić information content (AvgIpc) is 3.21. The molecule has 0 aliphatic carbocycles. The summed E-state index contributed by atoms with van der Waals surface area (Å²) in [6.45, 7) is 4.73. The summed E-state index contributed by atoms with van der Waals surface area (Å²) in [5.74, 6) is 0.521. The van der Waals surface area contributed by atoms with Crippen LogP contribution in [0.1, 0.15) is 16.8 Å². The van der Waals surface area contributed by atoms with Crippen LogP contribution in [0.25, 0.3) is 10.2 Å². The molecule has 10 heteroatoms. The van der Waals surface area contributed by atoms with Crippen LogP contribution in [-0.4, -0.2) is 62.3 Å². The van der Waals surface area contributed by atoms with Crippen LogP contribution in [0.15, 0.2) is 36.4 Å². The van der Waals surface area contributed by atoms with Gasteiger partial charge in [-0.25, -0.2) is 4.98 Å². The van der Waals surface area contributed by atoms with Crippen LogP contribution in [0.4, 0.5) is 5.13 Å². The van der Waals surface area contributed by atoms with Gasteiger partial charge in [0.25, 0.3) is 5.91 Å². The van der Waals surface area contributed by atoms with Crippen molar-refractivity contribution in [1.29, 1.82) is 0 Å². The molecule has 1 aliphatic rings. The molecule has 1 aromatic heterocycles. The minimum Gasteiger partial charge on any atom is -0.497 e. The summed E-state index contributed by atoms with van der Waals surface area (Å²) in [5, 5.41) is 1.47. The van der Waals surface area contributed by atoms with Crippen molar-refractivity contribution < 1.29 is 14.3 Å². The van der Waals surface area contributed by atoms with Crippen LogP contribution in [-0.2, 0) is 4.74 Å². The van der Waals surface area contributed by atoms with Gasteiger partial charge in [-0.15, -0.1) is 12.4 Å². The van der Waals surface area contributed by atoms with E-state index in [4.69, 9.17) is 37.7 Å². The second-order valence-corrected chi connectivity index (χ2v) is 9.07. The monoisotopic (exact) mass is 515 g/mol. The first-order chi connectivity index (χ1) is 15.0. The van der Waals surface area contributed by atoms with Crippen molar-refractivity contribution in [2.75, 3.05) is 51.4 Å². The Balaban J connectivity index is 0.00000289. The lowest BCUT2D eigenvalue weighted by atomic mass is 10.2. The number of hydrogen-bond donors (Lipinski definition) is 0. The molecular formula is C22H24Cl3N3O3S. The molecular weight excluding hydrogens is 493 g/mol. The third-order valence-electron chi connectivity index (χ3n) is 5.18. The Morgan fingerprint density at radius 1 is 1.22 bits per heavy atom. The number of thiazole rings is 1. The van der Waals surface area contributed by atoms with Gasteiger partial charge in [-0.3, -0.25) is 14.6 Å². The molecule has 0 saturated carbocycles. The van der Waals surface area contributed by atoms with Gasteiger partial charge in [0.1, 0.15) is 5.75 Å². The number of anilines is 1. The quantitative estimate of drug-likeness (QED) is 0.421. The van der Waals surface area contributed by atoms with E-state index in [9.17, 15) is 4.79 Å². The van der Waals surface area contributed by atoms with E-state index >= 15 is 0 Å². The van der Waals surface area contributed by atoms with E-state index in [-0.39, 0.29) is 18.3 Å². The average molecular weight is 517 g/mol. The number of morpholine rings is 1. The molecule has 0 spiro atoms. The van der Waals surface area contributed by atoms with Gasteiger partial charge in [-0.05, 0) is 36.8 Å². The van der Waals surface area contributed by atoms with Crippen molar-refractivity contribution in [1.82, 2.24) is 9.88 Å². The van der Waals surface area contributed by atoms with Crippen molar-refractivity contribution in [3.63, 3.8) is 0 Å². The number of hydrogen-bond acceptors (Lipinski definition) is 6. The van der Waals surface area contributed by atoms with E-state index in [1.54, 1.807) is 30.2 Å². The fourth-order valence-corrected chi connectivity index (χ4v) is 4.85. The highest BCUT2D eigenvalue weighted by Crippen LogP contribution is 2.33. The third-order valence-corrected chi connectivity index (χ3v) is 6.80. The molecule has 0 atom stereocenters. The summed E-state index contributed by atoms with van der Waals surface area (Å²) in [7, 11) is 1.62. The summed E-state index contributed by atoms with van der Waals surface area (Å²) in [5.41, 5.74) is 1.17. The maximum atomic E-state index is 13.5. The molecule has 1 aliphatic heterocycles. The molecule has 0 N–H and O–H groups in total. The predicted octanol–water partition coefficient (Wildman–Crippen LogP) is 5.40. The molecule has 2 aromatic carbocycles. The molecule has 0 bridgehead atoms.